The summed E-state index contributed by atoms with van der Waals surface area (Å²) < 4.78 is 5.11. The lowest BCUT2D eigenvalue weighted by molar-refractivity contribution is -0.131. The van der Waals surface area contributed by atoms with Gasteiger partial charge in [0.2, 0.25) is 5.91 Å². The second-order valence-electron chi connectivity index (χ2n) is 3.25. The van der Waals surface area contributed by atoms with Crippen LogP contribution in [0.4, 0.5) is 0 Å². The van der Waals surface area contributed by atoms with Gasteiger partial charge in [-0.05, 0) is 13.8 Å². The fourth-order valence-electron chi connectivity index (χ4n) is 1.12. The second-order valence-corrected chi connectivity index (χ2v) is 4.19. The third-order valence-corrected chi connectivity index (χ3v) is 2.82. The number of aromatic carboxylic acids is 1. The van der Waals surface area contributed by atoms with E-state index >= 15 is 0 Å². The summed E-state index contributed by atoms with van der Waals surface area (Å²) in [6.45, 7) is 4.15. The van der Waals surface area contributed by atoms with E-state index in [4.69, 9.17) is 9.84 Å². The summed E-state index contributed by atoms with van der Waals surface area (Å²) in [6.07, 6.45) is -0.515. The molecular weight excluding hydrogens is 244 g/mol. The van der Waals surface area contributed by atoms with Gasteiger partial charge in [-0.3, -0.25) is 4.79 Å². The highest BCUT2D eigenvalue weighted by Gasteiger charge is 2.13. The van der Waals surface area contributed by atoms with Crippen molar-refractivity contribution in [3.8, 4) is 0 Å². The number of amides is 1. The van der Waals surface area contributed by atoms with Crippen LogP contribution < -0.4 is 5.32 Å². The van der Waals surface area contributed by atoms with E-state index in [0.717, 1.165) is 0 Å². The third-order valence-electron chi connectivity index (χ3n) is 1.97. The van der Waals surface area contributed by atoms with Crippen LogP contribution in [0, 0.1) is 0 Å². The lowest BCUT2D eigenvalue weighted by Crippen LogP contribution is -2.34. The van der Waals surface area contributed by atoms with Gasteiger partial charge in [0.15, 0.2) is 5.69 Å². The van der Waals surface area contributed by atoms with Crippen molar-refractivity contribution in [2.75, 3.05) is 6.61 Å². The Kier molecular flexibility index (Phi) is 5.05. The minimum Gasteiger partial charge on any atom is -0.476 e. The Morgan fingerprint density at radius 1 is 1.65 bits per heavy atom. The molecule has 0 radical (unpaired) electrons. The van der Waals surface area contributed by atoms with E-state index < -0.39 is 12.1 Å². The van der Waals surface area contributed by atoms with E-state index in [1.807, 2.05) is 6.92 Å². The fraction of sp³-hybridized carbons (Fsp3) is 0.500. The predicted molar refractivity (Wildman–Crippen MR) is 62.0 cm³/mol. The van der Waals surface area contributed by atoms with Gasteiger partial charge in [0.25, 0.3) is 0 Å². The molecular formula is C10H14N2O4S. The average molecular weight is 258 g/mol. The summed E-state index contributed by atoms with van der Waals surface area (Å²) in [5.41, 5.74) is -0.00268. The third kappa shape index (κ3) is 4.12. The van der Waals surface area contributed by atoms with Crippen LogP contribution in [0.3, 0.4) is 0 Å². The first-order chi connectivity index (χ1) is 8.04. The number of hydrogen-bond acceptors (Lipinski definition) is 5. The molecule has 0 aliphatic rings. The van der Waals surface area contributed by atoms with Gasteiger partial charge in [0.1, 0.15) is 11.1 Å². The Balaban J connectivity index is 2.44. The van der Waals surface area contributed by atoms with Gasteiger partial charge < -0.3 is 15.2 Å². The topological polar surface area (TPSA) is 88.5 Å². The number of ether oxygens (including phenoxy) is 1. The van der Waals surface area contributed by atoms with Gasteiger partial charge >= 0.3 is 5.97 Å². The Labute approximate surface area is 103 Å². The number of aromatic nitrogens is 1. The normalized spacial score (nSPS) is 12.1. The molecule has 0 fully saturated rings. The lowest BCUT2D eigenvalue weighted by atomic mass is 10.4. The van der Waals surface area contributed by atoms with Gasteiger partial charge in [-0.2, -0.15) is 0 Å². The molecule has 0 aliphatic carbocycles. The molecule has 0 bridgehead atoms. The maximum Gasteiger partial charge on any atom is 0.355 e. The van der Waals surface area contributed by atoms with Crippen LogP contribution in [-0.4, -0.2) is 34.7 Å². The summed E-state index contributed by atoms with van der Waals surface area (Å²) in [5.74, 6) is -1.31. The van der Waals surface area contributed by atoms with Crippen LogP contribution in [-0.2, 0) is 16.1 Å². The van der Waals surface area contributed by atoms with Gasteiger partial charge in [0.05, 0.1) is 6.54 Å². The first kappa shape index (κ1) is 13.6. The summed E-state index contributed by atoms with van der Waals surface area (Å²) in [7, 11) is 0. The van der Waals surface area contributed by atoms with Crippen molar-refractivity contribution in [2.24, 2.45) is 0 Å². The van der Waals surface area contributed by atoms with E-state index in [0.29, 0.717) is 11.6 Å². The zero-order valence-corrected chi connectivity index (χ0v) is 10.4. The SMILES string of the molecule is CCOC(C)C(=O)NCc1nc(C(=O)O)cs1. The summed E-state index contributed by atoms with van der Waals surface area (Å²) in [4.78, 5) is 25.9. The van der Waals surface area contributed by atoms with Crippen molar-refractivity contribution in [3.05, 3.63) is 16.1 Å². The van der Waals surface area contributed by atoms with Crippen LogP contribution in [0.1, 0.15) is 29.3 Å². The molecule has 0 aliphatic heterocycles. The molecule has 1 atom stereocenters. The fourth-order valence-corrected chi connectivity index (χ4v) is 1.83. The first-order valence-electron chi connectivity index (χ1n) is 5.11. The number of carbonyl (C=O) groups excluding carboxylic acids is 1. The van der Waals surface area contributed by atoms with Crippen LogP contribution in [0.2, 0.25) is 0 Å². The molecule has 0 saturated carbocycles. The van der Waals surface area contributed by atoms with E-state index in [1.165, 1.54) is 16.7 Å². The predicted octanol–water partition coefficient (Wildman–Crippen LogP) is 0.883. The van der Waals surface area contributed by atoms with Gasteiger partial charge in [-0.25, -0.2) is 9.78 Å². The molecule has 6 nitrogen and oxygen atoms in total. The van der Waals surface area contributed by atoms with Crippen LogP contribution >= 0.6 is 11.3 Å². The van der Waals surface area contributed by atoms with Crippen LogP contribution in [0.15, 0.2) is 5.38 Å². The lowest BCUT2D eigenvalue weighted by Gasteiger charge is -2.10. The molecule has 1 rings (SSSR count). The summed E-state index contributed by atoms with van der Waals surface area (Å²) in [5, 5.41) is 13.3. The number of carboxylic acids is 1. The number of nitrogens with one attached hydrogen (secondary N) is 1. The maximum atomic E-state index is 11.5. The molecule has 1 aromatic rings. The number of rotatable bonds is 6. The first-order valence-corrected chi connectivity index (χ1v) is 5.99. The molecule has 94 valence electrons. The minimum atomic E-state index is -1.07. The second kappa shape index (κ2) is 6.31. The molecule has 0 aromatic carbocycles. The van der Waals surface area contributed by atoms with Crippen molar-refractivity contribution >= 4 is 23.2 Å². The smallest absolute Gasteiger partial charge is 0.355 e. The highest BCUT2D eigenvalue weighted by molar-refractivity contribution is 7.09. The van der Waals surface area contributed by atoms with Crippen molar-refractivity contribution in [1.82, 2.24) is 10.3 Å². The number of carboxylic acid groups (broad SMARTS) is 1. The monoisotopic (exact) mass is 258 g/mol. The number of carbonyl (C=O) groups is 2. The van der Waals surface area contributed by atoms with Crippen LogP contribution in [0.25, 0.3) is 0 Å². The summed E-state index contributed by atoms with van der Waals surface area (Å²) in [6, 6.07) is 0. The largest absolute Gasteiger partial charge is 0.476 e. The van der Waals surface area contributed by atoms with E-state index in [-0.39, 0.29) is 18.1 Å². The van der Waals surface area contributed by atoms with Crippen molar-refractivity contribution in [2.45, 2.75) is 26.5 Å². The standard InChI is InChI=1S/C10H14N2O4S/c1-3-16-6(2)9(13)11-4-8-12-7(5-17-8)10(14)15/h5-6H,3-4H2,1-2H3,(H,11,13)(H,14,15). The van der Waals surface area contributed by atoms with Gasteiger partial charge in [0, 0.05) is 12.0 Å². The molecule has 1 aromatic heterocycles. The van der Waals surface area contributed by atoms with E-state index in [1.54, 1.807) is 6.92 Å². The van der Waals surface area contributed by atoms with Gasteiger partial charge in [-0.15, -0.1) is 11.3 Å². The number of nitrogens with zero attached hydrogens (tertiary/aromatic N) is 1. The Morgan fingerprint density at radius 2 is 2.35 bits per heavy atom. The average Bonchev–Trinajstić information content (AvgIpc) is 2.75. The summed E-state index contributed by atoms with van der Waals surface area (Å²) >= 11 is 1.20. The van der Waals surface area contributed by atoms with Gasteiger partial charge in [-0.1, -0.05) is 0 Å². The number of thiazole rings is 1. The van der Waals surface area contributed by atoms with E-state index in [9.17, 15) is 9.59 Å². The molecule has 0 spiro atoms. The Morgan fingerprint density at radius 3 is 2.88 bits per heavy atom. The Hall–Kier alpha value is -1.47. The number of hydrogen-bond donors (Lipinski definition) is 2. The van der Waals surface area contributed by atoms with E-state index in [2.05, 4.69) is 10.3 Å². The zero-order valence-electron chi connectivity index (χ0n) is 9.60. The molecule has 17 heavy (non-hydrogen) atoms. The molecule has 1 amide bonds. The molecule has 2 N–H and O–H groups in total. The van der Waals surface area contributed by atoms with Crippen LogP contribution in [0.5, 0.6) is 0 Å². The molecule has 1 heterocycles. The quantitative estimate of drug-likeness (QED) is 0.790. The molecule has 7 heteroatoms. The Bertz CT molecular complexity index is 405. The van der Waals surface area contributed by atoms with Crippen molar-refractivity contribution in [1.29, 1.82) is 0 Å². The maximum absolute atomic E-state index is 11.5. The molecule has 0 saturated heterocycles. The van der Waals surface area contributed by atoms with Crippen molar-refractivity contribution in [3.63, 3.8) is 0 Å². The highest BCUT2D eigenvalue weighted by Crippen LogP contribution is 2.09. The zero-order chi connectivity index (χ0) is 12.8. The highest BCUT2D eigenvalue weighted by atomic mass is 32.1. The minimum absolute atomic E-state index is 0.00268. The molecule has 1 unspecified atom stereocenters. The van der Waals surface area contributed by atoms with Crippen molar-refractivity contribution < 1.29 is 19.4 Å².